The van der Waals surface area contributed by atoms with Crippen molar-refractivity contribution in [2.75, 3.05) is 12.4 Å². The van der Waals surface area contributed by atoms with Crippen molar-refractivity contribution in [1.29, 1.82) is 0 Å². The first-order valence-corrected chi connectivity index (χ1v) is 5.64. The third kappa shape index (κ3) is 4.23. The van der Waals surface area contributed by atoms with Crippen molar-refractivity contribution >= 4 is 5.69 Å². The van der Waals surface area contributed by atoms with Crippen LogP contribution < -0.4 is 5.32 Å². The molecule has 0 aromatic heterocycles. The molecule has 1 atom stereocenters. The molecule has 1 rings (SSSR count). The number of ether oxygens (including phenoxy) is 1. The zero-order valence-corrected chi connectivity index (χ0v) is 10.7. The molecule has 0 bridgehead atoms. The monoisotopic (exact) mass is 241 g/mol. The molecule has 0 heterocycles. The number of halogens is 1. The van der Waals surface area contributed by atoms with Gasteiger partial charge in [0.2, 0.25) is 0 Å². The molecule has 0 aliphatic heterocycles. The molecule has 0 radical (unpaired) electrons. The highest BCUT2D eigenvalue weighted by atomic mass is 19.1. The Morgan fingerprint density at radius 1 is 1.47 bits per heavy atom. The van der Waals surface area contributed by atoms with Gasteiger partial charge in [-0.15, -0.1) is 0 Å². The third-order valence-electron chi connectivity index (χ3n) is 2.71. The van der Waals surface area contributed by atoms with E-state index in [0.29, 0.717) is 5.69 Å². The molecule has 1 aromatic rings. The van der Waals surface area contributed by atoms with Crippen molar-refractivity contribution in [2.24, 2.45) is 0 Å². The Labute approximate surface area is 102 Å². The molecule has 17 heavy (non-hydrogen) atoms. The number of anilines is 1. The van der Waals surface area contributed by atoms with Gasteiger partial charge in [-0.05, 0) is 39.3 Å². The number of rotatable bonds is 5. The van der Waals surface area contributed by atoms with Crippen LogP contribution in [0.2, 0.25) is 0 Å². The minimum absolute atomic E-state index is 0.147. The van der Waals surface area contributed by atoms with E-state index in [4.69, 9.17) is 9.84 Å². The summed E-state index contributed by atoms with van der Waals surface area (Å²) in [4.78, 5) is 0. The van der Waals surface area contributed by atoms with Crippen molar-refractivity contribution in [2.45, 2.75) is 38.8 Å². The summed E-state index contributed by atoms with van der Waals surface area (Å²) in [6.07, 6.45) is 0.798. The second-order valence-corrected chi connectivity index (χ2v) is 4.88. The van der Waals surface area contributed by atoms with Crippen molar-refractivity contribution in [3.05, 3.63) is 24.0 Å². The fourth-order valence-electron chi connectivity index (χ4n) is 1.75. The second-order valence-electron chi connectivity index (χ2n) is 4.88. The molecule has 0 aliphatic rings. The van der Waals surface area contributed by atoms with Crippen molar-refractivity contribution in [1.82, 2.24) is 0 Å². The molecule has 0 saturated carbocycles. The summed E-state index contributed by atoms with van der Waals surface area (Å²) < 4.78 is 18.5. The third-order valence-corrected chi connectivity index (χ3v) is 2.71. The van der Waals surface area contributed by atoms with Crippen LogP contribution in [0.15, 0.2) is 18.2 Å². The maximum Gasteiger partial charge on any atom is 0.166 e. The molecule has 0 fully saturated rings. The van der Waals surface area contributed by atoms with Crippen molar-refractivity contribution in [3.63, 3.8) is 0 Å². The van der Waals surface area contributed by atoms with Gasteiger partial charge in [0.1, 0.15) is 0 Å². The van der Waals surface area contributed by atoms with E-state index in [9.17, 15) is 4.39 Å². The van der Waals surface area contributed by atoms with Crippen molar-refractivity contribution < 1.29 is 14.2 Å². The minimum Gasteiger partial charge on any atom is -0.505 e. The van der Waals surface area contributed by atoms with E-state index < -0.39 is 5.82 Å². The Hall–Kier alpha value is -1.29. The fraction of sp³-hybridized carbons (Fsp3) is 0.538. The molecule has 1 unspecified atom stereocenters. The Morgan fingerprint density at radius 2 is 2.12 bits per heavy atom. The molecule has 0 aliphatic carbocycles. The minimum atomic E-state index is -0.617. The number of hydrogen-bond acceptors (Lipinski definition) is 3. The first kappa shape index (κ1) is 13.8. The molecule has 1 aromatic carbocycles. The lowest BCUT2D eigenvalue weighted by Crippen LogP contribution is -2.31. The summed E-state index contributed by atoms with van der Waals surface area (Å²) in [5.41, 5.74) is 0.432. The number of nitrogens with one attached hydrogen (secondary N) is 1. The molecule has 96 valence electrons. The Bertz CT molecular complexity index is 380. The Balaban J connectivity index is 2.62. The average Bonchev–Trinajstić information content (AvgIpc) is 2.23. The number of benzene rings is 1. The molecule has 0 spiro atoms. The van der Waals surface area contributed by atoms with E-state index >= 15 is 0 Å². The van der Waals surface area contributed by atoms with E-state index in [1.807, 2.05) is 20.8 Å². The summed E-state index contributed by atoms with van der Waals surface area (Å²) in [6.45, 7) is 6.01. The van der Waals surface area contributed by atoms with Gasteiger partial charge in [-0.2, -0.15) is 0 Å². The van der Waals surface area contributed by atoms with Crippen LogP contribution >= 0.6 is 0 Å². The van der Waals surface area contributed by atoms with Crippen LogP contribution in [-0.2, 0) is 4.74 Å². The van der Waals surface area contributed by atoms with Crippen molar-refractivity contribution in [3.8, 4) is 5.75 Å². The van der Waals surface area contributed by atoms with Gasteiger partial charge in [0.25, 0.3) is 0 Å². The Morgan fingerprint density at radius 3 is 2.65 bits per heavy atom. The number of hydrogen-bond donors (Lipinski definition) is 2. The highest BCUT2D eigenvalue weighted by molar-refractivity contribution is 5.47. The summed E-state index contributed by atoms with van der Waals surface area (Å²) >= 11 is 0. The largest absolute Gasteiger partial charge is 0.505 e. The molecule has 2 N–H and O–H groups in total. The maximum atomic E-state index is 13.1. The highest BCUT2D eigenvalue weighted by Crippen LogP contribution is 2.22. The fourth-order valence-corrected chi connectivity index (χ4v) is 1.75. The zero-order chi connectivity index (χ0) is 13.1. The topological polar surface area (TPSA) is 41.5 Å². The van der Waals surface area contributed by atoms with Gasteiger partial charge in [-0.1, -0.05) is 0 Å². The summed E-state index contributed by atoms with van der Waals surface area (Å²) in [5, 5.41) is 12.2. The van der Waals surface area contributed by atoms with Crippen LogP contribution in [0.3, 0.4) is 0 Å². The van der Waals surface area contributed by atoms with Gasteiger partial charge >= 0.3 is 0 Å². The molecule has 0 amide bonds. The normalized spacial score (nSPS) is 13.5. The second kappa shape index (κ2) is 5.36. The smallest absolute Gasteiger partial charge is 0.166 e. The highest BCUT2D eigenvalue weighted by Gasteiger charge is 2.20. The van der Waals surface area contributed by atoms with Crippen LogP contribution in [0.25, 0.3) is 0 Å². The summed E-state index contributed by atoms with van der Waals surface area (Å²) in [6, 6.07) is 4.42. The van der Waals surface area contributed by atoms with E-state index in [1.54, 1.807) is 13.2 Å². The first-order chi connectivity index (χ1) is 7.84. The SMILES string of the molecule is COC(C)(C)CC(C)Nc1ccc(O)c(F)c1. The number of aromatic hydroxyl groups is 1. The molecular formula is C13H20FNO2. The number of methoxy groups -OCH3 is 1. The van der Waals surface area contributed by atoms with Gasteiger partial charge in [0.05, 0.1) is 5.60 Å². The van der Waals surface area contributed by atoms with E-state index in [1.165, 1.54) is 12.1 Å². The lowest BCUT2D eigenvalue weighted by atomic mass is 10.00. The van der Waals surface area contributed by atoms with Gasteiger partial charge in [-0.3, -0.25) is 0 Å². The van der Waals surface area contributed by atoms with Crippen LogP contribution in [0, 0.1) is 5.82 Å². The van der Waals surface area contributed by atoms with E-state index in [0.717, 1.165) is 6.42 Å². The van der Waals surface area contributed by atoms with Crippen LogP contribution in [0.5, 0.6) is 5.75 Å². The molecular weight excluding hydrogens is 221 g/mol. The predicted molar refractivity (Wildman–Crippen MR) is 66.9 cm³/mol. The van der Waals surface area contributed by atoms with Gasteiger partial charge < -0.3 is 15.2 Å². The first-order valence-electron chi connectivity index (χ1n) is 5.64. The lowest BCUT2D eigenvalue weighted by Gasteiger charge is -2.27. The summed E-state index contributed by atoms with van der Waals surface area (Å²) in [7, 11) is 1.67. The lowest BCUT2D eigenvalue weighted by molar-refractivity contribution is 0.0128. The molecule has 3 nitrogen and oxygen atoms in total. The molecule has 0 saturated heterocycles. The quantitative estimate of drug-likeness (QED) is 0.778. The number of phenols is 1. The van der Waals surface area contributed by atoms with Crippen LogP contribution in [0.4, 0.5) is 10.1 Å². The van der Waals surface area contributed by atoms with E-state index in [2.05, 4.69) is 5.32 Å². The average molecular weight is 241 g/mol. The van der Waals surface area contributed by atoms with Gasteiger partial charge in [-0.25, -0.2) is 4.39 Å². The zero-order valence-electron chi connectivity index (χ0n) is 10.7. The Kier molecular flexibility index (Phi) is 4.34. The van der Waals surface area contributed by atoms with Gasteiger partial charge in [0, 0.05) is 24.9 Å². The van der Waals surface area contributed by atoms with Gasteiger partial charge in [0.15, 0.2) is 11.6 Å². The van der Waals surface area contributed by atoms with E-state index in [-0.39, 0.29) is 17.4 Å². The standard InChI is InChI=1S/C13H20FNO2/c1-9(8-13(2,3)17-4)15-10-5-6-12(16)11(14)7-10/h5-7,9,15-16H,8H2,1-4H3. The maximum absolute atomic E-state index is 13.1. The van der Waals surface area contributed by atoms with Crippen LogP contribution in [-0.4, -0.2) is 23.9 Å². The predicted octanol–water partition coefficient (Wildman–Crippen LogP) is 3.15. The van der Waals surface area contributed by atoms with Crippen LogP contribution in [0.1, 0.15) is 27.2 Å². The molecule has 4 heteroatoms. The summed E-state index contributed by atoms with van der Waals surface area (Å²) in [5.74, 6) is -0.950. The number of phenolic OH excluding ortho intramolecular Hbond substituents is 1.